The maximum atomic E-state index is 10.3. The van der Waals surface area contributed by atoms with Gasteiger partial charge in [-0.15, -0.1) is 13.2 Å². The van der Waals surface area contributed by atoms with Crippen LogP contribution in [-0.4, -0.2) is 16.2 Å². The van der Waals surface area contributed by atoms with Crippen LogP contribution in [0.15, 0.2) is 49.6 Å². The van der Waals surface area contributed by atoms with Crippen LogP contribution in [-0.2, 0) is 0 Å². The van der Waals surface area contributed by atoms with Crippen molar-refractivity contribution in [1.29, 1.82) is 0 Å². The van der Waals surface area contributed by atoms with Crippen LogP contribution in [0.25, 0.3) is 0 Å². The van der Waals surface area contributed by atoms with Gasteiger partial charge < -0.3 is 10.2 Å². The van der Waals surface area contributed by atoms with Gasteiger partial charge in [-0.3, -0.25) is 0 Å². The first-order valence-corrected chi connectivity index (χ1v) is 4.70. The summed E-state index contributed by atoms with van der Waals surface area (Å²) in [5.41, 5.74) is -0.0671. The third-order valence-electron chi connectivity index (χ3n) is 1.13. The van der Waals surface area contributed by atoms with Crippen LogP contribution in [0.1, 0.15) is 24.2 Å². The predicted octanol–water partition coefficient (Wildman–Crippen LogP) is 3.48. The van der Waals surface area contributed by atoms with Gasteiger partial charge in [-0.25, -0.2) is 4.79 Å². The first kappa shape index (κ1) is 16.4. The Morgan fingerprint density at radius 2 is 1.56 bits per heavy atom. The van der Waals surface area contributed by atoms with E-state index in [0.29, 0.717) is 0 Å². The molecule has 0 saturated heterocycles. The molecule has 0 aliphatic carbocycles. The first-order valence-electron chi connectivity index (χ1n) is 4.70. The monoisotopic (exact) mass is 222 g/mol. The number of aromatic carboxylic acids is 1. The Morgan fingerprint density at radius 3 is 1.81 bits per heavy atom. The number of hydrogen-bond donors (Lipinski definition) is 2. The fraction of sp³-hybridized carbons (Fsp3) is 0.154. The second kappa shape index (κ2) is 11.0. The Kier molecular flexibility index (Phi) is 11.3. The number of allylic oxidation sites excluding steroid dienone is 2. The molecule has 0 spiro atoms. The molecule has 88 valence electrons. The molecule has 0 aliphatic heterocycles. The van der Waals surface area contributed by atoms with Gasteiger partial charge in [-0.1, -0.05) is 24.3 Å². The highest BCUT2D eigenvalue weighted by Crippen LogP contribution is 2.14. The van der Waals surface area contributed by atoms with Crippen molar-refractivity contribution in [2.24, 2.45) is 0 Å². The van der Waals surface area contributed by atoms with E-state index in [9.17, 15) is 4.79 Å². The molecule has 2 N–H and O–H groups in total. The number of carboxylic acids is 1. The zero-order valence-electron chi connectivity index (χ0n) is 9.68. The molecule has 3 heteroatoms. The average molecular weight is 222 g/mol. The number of phenols is 1. The van der Waals surface area contributed by atoms with Gasteiger partial charge in [0.2, 0.25) is 0 Å². The third kappa shape index (κ3) is 8.56. The fourth-order valence-corrected chi connectivity index (χ4v) is 0.654. The maximum absolute atomic E-state index is 10.3. The van der Waals surface area contributed by atoms with E-state index in [1.165, 1.54) is 12.1 Å². The van der Waals surface area contributed by atoms with E-state index in [1.807, 2.05) is 13.8 Å². The molecule has 0 bridgehead atoms. The summed E-state index contributed by atoms with van der Waals surface area (Å²) in [4.78, 5) is 10.3. The zero-order valence-corrected chi connectivity index (χ0v) is 9.68. The van der Waals surface area contributed by atoms with Gasteiger partial charge in [0.05, 0.1) is 0 Å². The quantitative estimate of drug-likeness (QED) is 0.715. The highest BCUT2D eigenvalue weighted by Gasteiger charge is 2.05. The minimum absolute atomic E-state index is 0.0671. The van der Waals surface area contributed by atoms with Crippen LogP contribution in [0.4, 0.5) is 0 Å². The van der Waals surface area contributed by atoms with Gasteiger partial charge >= 0.3 is 5.97 Å². The van der Waals surface area contributed by atoms with Crippen LogP contribution >= 0.6 is 0 Å². The van der Waals surface area contributed by atoms with E-state index in [0.717, 1.165) is 0 Å². The Bertz CT molecular complexity index is 324. The molecule has 0 saturated carbocycles. The Labute approximate surface area is 96.4 Å². The van der Waals surface area contributed by atoms with E-state index < -0.39 is 5.97 Å². The van der Waals surface area contributed by atoms with Crippen molar-refractivity contribution in [3.63, 3.8) is 0 Å². The first-order chi connectivity index (χ1) is 7.54. The normalized spacial score (nSPS) is 7.38. The lowest BCUT2D eigenvalue weighted by Crippen LogP contribution is -1.95. The van der Waals surface area contributed by atoms with Crippen LogP contribution in [0.2, 0.25) is 0 Å². The smallest absolute Gasteiger partial charge is 0.339 e. The minimum Gasteiger partial charge on any atom is -0.507 e. The summed E-state index contributed by atoms with van der Waals surface area (Å²) in [6.07, 6.45) is 3.50. The summed E-state index contributed by atoms with van der Waals surface area (Å²) in [5.74, 6) is -1.31. The molecule has 16 heavy (non-hydrogen) atoms. The lowest BCUT2D eigenvalue weighted by Gasteiger charge is -1.95. The SMILES string of the molecule is C=CC.C=CC.O=C(O)c1ccccc1O. The summed E-state index contributed by atoms with van der Waals surface area (Å²) in [6.45, 7) is 10.5. The molecule has 0 heterocycles. The second-order valence-corrected chi connectivity index (χ2v) is 2.64. The molecule has 0 aliphatic rings. The molecule has 0 atom stereocenters. The molecule has 1 rings (SSSR count). The van der Waals surface area contributed by atoms with Crippen LogP contribution < -0.4 is 0 Å². The van der Waals surface area contributed by atoms with Crippen LogP contribution in [0.5, 0.6) is 5.75 Å². The topological polar surface area (TPSA) is 57.5 Å². The maximum Gasteiger partial charge on any atom is 0.339 e. The Balaban J connectivity index is 0. The molecular formula is C13H18O3. The second-order valence-electron chi connectivity index (χ2n) is 2.64. The van der Waals surface area contributed by atoms with E-state index in [2.05, 4.69) is 13.2 Å². The summed E-state index contributed by atoms with van der Waals surface area (Å²) in [6, 6.07) is 5.81. The number of aromatic hydroxyl groups is 1. The number of rotatable bonds is 1. The zero-order chi connectivity index (χ0) is 13.0. The van der Waals surface area contributed by atoms with Crippen LogP contribution in [0.3, 0.4) is 0 Å². The Hall–Kier alpha value is -2.03. The largest absolute Gasteiger partial charge is 0.507 e. The van der Waals surface area contributed by atoms with Gasteiger partial charge in [0, 0.05) is 0 Å². The lowest BCUT2D eigenvalue weighted by molar-refractivity contribution is 0.0694. The van der Waals surface area contributed by atoms with E-state index in [4.69, 9.17) is 10.2 Å². The van der Waals surface area contributed by atoms with Gasteiger partial charge in [0.15, 0.2) is 0 Å². The fourth-order valence-electron chi connectivity index (χ4n) is 0.654. The summed E-state index contributed by atoms with van der Waals surface area (Å²) in [7, 11) is 0. The van der Waals surface area contributed by atoms with Crippen molar-refractivity contribution in [2.45, 2.75) is 13.8 Å². The number of para-hydroxylation sites is 1. The average Bonchev–Trinajstić information content (AvgIpc) is 2.20. The van der Waals surface area contributed by atoms with E-state index in [-0.39, 0.29) is 11.3 Å². The molecule has 3 nitrogen and oxygen atoms in total. The van der Waals surface area contributed by atoms with Crippen molar-refractivity contribution in [1.82, 2.24) is 0 Å². The molecule has 1 aromatic carbocycles. The number of carboxylic acid groups (broad SMARTS) is 1. The number of benzene rings is 1. The van der Waals surface area contributed by atoms with E-state index >= 15 is 0 Å². The predicted molar refractivity (Wildman–Crippen MR) is 66.8 cm³/mol. The molecule has 0 amide bonds. The van der Waals surface area contributed by atoms with Crippen LogP contribution in [0, 0.1) is 0 Å². The number of hydrogen-bond acceptors (Lipinski definition) is 2. The van der Waals surface area contributed by atoms with Gasteiger partial charge in [0.1, 0.15) is 11.3 Å². The number of carbonyl (C=O) groups is 1. The van der Waals surface area contributed by atoms with Crippen molar-refractivity contribution >= 4 is 5.97 Å². The summed E-state index contributed by atoms with van der Waals surface area (Å²) < 4.78 is 0. The molecular weight excluding hydrogens is 204 g/mol. The highest BCUT2D eigenvalue weighted by molar-refractivity contribution is 5.90. The Morgan fingerprint density at radius 1 is 1.19 bits per heavy atom. The van der Waals surface area contributed by atoms with Crippen molar-refractivity contribution in [3.8, 4) is 5.75 Å². The molecule has 0 fully saturated rings. The lowest BCUT2D eigenvalue weighted by atomic mass is 10.2. The van der Waals surface area contributed by atoms with Crippen molar-refractivity contribution < 1.29 is 15.0 Å². The molecule has 1 aromatic rings. The molecule has 0 unspecified atom stereocenters. The molecule has 0 aromatic heterocycles. The van der Waals surface area contributed by atoms with Crippen molar-refractivity contribution in [2.75, 3.05) is 0 Å². The summed E-state index contributed by atoms with van der Waals surface area (Å²) >= 11 is 0. The standard InChI is InChI=1S/C7H6O3.2C3H6/c8-6-4-2-1-3-5(6)7(9)10;2*1-3-2/h1-4,8H,(H,9,10);2*3H,1H2,2H3. The van der Waals surface area contributed by atoms with Gasteiger partial charge in [0.25, 0.3) is 0 Å². The highest BCUT2D eigenvalue weighted by atomic mass is 16.4. The molecule has 0 radical (unpaired) electrons. The van der Waals surface area contributed by atoms with Gasteiger partial charge in [-0.05, 0) is 26.0 Å². The summed E-state index contributed by atoms with van der Waals surface area (Å²) in [5, 5.41) is 17.3. The van der Waals surface area contributed by atoms with Gasteiger partial charge in [-0.2, -0.15) is 0 Å². The minimum atomic E-state index is -1.11. The third-order valence-corrected chi connectivity index (χ3v) is 1.13. The van der Waals surface area contributed by atoms with Crippen molar-refractivity contribution in [3.05, 3.63) is 55.1 Å². The van der Waals surface area contributed by atoms with E-state index in [1.54, 1.807) is 24.3 Å².